The molecular formula is C48H50N8O5S2. The van der Waals surface area contributed by atoms with Crippen LogP contribution in [0.25, 0.3) is 43.3 Å². The second-order valence-corrected chi connectivity index (χ2v) is 19.0. The number of anilines is 1. The van der Waals surface area contributed by atoms with Crippen LogP contribution in [0.3, 0.4) is 0 Å². The Morgan fingerprint density at radius 2 is 1.70 bits per heavy atom. The van der Waals surface area contributed by atoms with Crippen molar-refractivity contribution >= 4 is 50.4 Å². The molecule has 4 atom stereocenters. The number of hydrogen-bond acceptors (Lipinski definition) is 13. The summed E-state index contributed by atoms with van der Waals surface area (Å²) in [5, 5.41) is 38.6. The minimum absolute atomic E-state index is 0.0543. The molecule has 324 valence electrons. The number of rotatable bonds is 11. The number of β-amino-alcohol motifs (C(OH)–C–C–N with tert-alkyl or cyclic N) is 1. The number of amides is 2. The van der Waals surface area contributed by atoms with Crippen molar-refractivity contribution in [3.63, 3.8) is 0 Å². The SMILES string of the molecule is Cc1ncsc1-c1ccc([C@H](C)NC(=O)[C@@H]2C[C@@H](O)CN2C(=O)[C@@H](c2cc(-c3ccc(N4CCC(c5sc6nnc(-c7ccccc7O)cc6c5C)CC4)cn3)no2)C(C)C)cc1. The number of thiazole rings is 1. The molecule has 2 aromatic carbocycles. The molecule has 15 heteroatoms. The number of nitrogens with one attached hydrogen (secondary N) is 1. The number of hydrogen-bond donors (Lipinski definition) is 3. The molecule has 13 nitrogen and oxygen atoms in total. The number of aliphatic hydroxyl groups is 1. The second-order valence-electron chi connectivity index (χ2n) is 17.1. The summed E-state index contributed by atoms with van der Waals surface area (Å²) in [6.07, 6.45) is 3.17. The van der Waals surface area contributed by atoms with E-state index in [-0.39, 0.29) is 42.5 Å². The molecule has 2 saturated heterocycles. The Morgan fingerprint density at radius 3 is 2.40 bits per heavy atom. The monoisotopic (exact) mass is 882 g/mol. The first-order valence-corrected chi connectivity index (χ1v) is 23.2. The predicted molar refractivity (Wildman–Crippen MR) is 246 cm³/mol. The number of aliphatic hydroxyl groups excluding tert-OH is 1. The third-order valence-electron chi connectivity index (χ3n) is 12.6. The molecule has 9 rings (SSSR count). The van der Waals surface area contributed by atoms with Crippen LogP contribution in [0.2, 0.25) is 0 Å². The molecule has 7 heterocycles. The highest BCUT2D eigenvalue weighted by Gasteiger charge is 2.43. The number of carbonyl (C=O) groups is 2. The number of phenolic OH excluding ortho intramolecular Hbond substituents is 1. The summed E-state index contributed by atoms with van der Waals surface area (Å²) >= 11 is 3.31. The Kier molecular flexibility index (Phi) is 11.8. The molecule has 2 amide bonds. The highest BCUT2D eigenvalue weighted by molar-refractivity contribution is 7.19. The summed E-state index contributed by atoms with van der Waals surface area (Å²) in [5.41, 5.74) is 9.55. The van der Waals surface area contributed by atoms with Gasteiger partial charge < -0.3 is 29.9 Å². The fourth-order valence-corrected chi connectivity index (χ4v) is 11.1. The number of carbonyl (C=O) groups excluding carboxylic acids is 2. The predicted octanol–water partition coefficient (Wildman–Crippen LogP) is 8.82. The number of nitrogens with zero attached hydrogens (tertiary/aromatic N) is 7. The number of phenols is 1. The van der Waals surface area contributed by atoms with Gasteiger partial charge in [0.1, 0.15) is 34.0 Å². The molecule has 0 saturated carbocycles. The number of aromatic nitrogens is 5. The highest BCUT2D eigenvalue weighted by atomic mass is 32.1. The van der Waals surface area contributed by atoms with Crippen molar-refractivity contribution in [3.8, 4) is 38.8 Å². The molecule has 2 fully saturated rings. The first-order chi connectivity index (χ1) is 30.4. The fraction of sp³-hybridized carbons (Fsp3) is 0.354. The first-order valence-electron chi connectivity index (χ1n) is 21.5. The third kappa shape index (κ3) is 8.44. The molecule has 0 spiro atoms. The summed E-state index contributed by atoms with van der Waals surface area (Å²) < 4.78 is 5.85. The summed E-state index contributed by atoms with van der Waals surface area (Å²) in [6.45, 7) is 11.8. The Hall–Kier alpha value is -6.03. The fourth-order valence-electron chi connectivity index (χ4n) is 9.05. The number of aromatic hydroxyl groups is 1. The molecule has 2 aliphatic heterocycles. The van der Waals surface area contributed by atoms with Crippen molar-refractivity contribution in [1.82, 2.24) is 35.5 Å². The highest BCUT2D eigenvalue weighted by Crippen LogP contribution is 2.41. The normalized spacial score (nSPS) is 18.0. The molecule has 0 aliphatic carbocycles. The average Bonchev–Trinajstić information content (AvgIpc) is 4.11. The van der Waals surface area contributed by atoms with Gasteiger partial charge >= 0.3 is 0 Å². The van der Waals surface area contributed by atoms with Crippen molar-refractivity contribution < 1.29 is 24.3 Å². The zero-order valence-electron chi connectivity index (χ0n) is 35.9. The van der Waals surface area contributed by atoms with E-state index in [1.807, 2.05) is 87.9 Å². The maximum atomic E-state index is 14.3. The van der Waals surface area contributed by atoms with Gasteiger partial charge in [-0.1, -0.05) is 55.4 Å². The van der Waals surface area contributed by atoms with E-state index in [2.05, 4.69) is 43.5 Å². The molecule has 2 aliphatic rings. The number of pyridine rings is 1. The number of para-hydroxylation sites is 1. The van der Waals surface area contributed by atoms with E-state index in [9.17, 15) is 19.8 Å². The van der Waals surface area contributed by atoms with Gasteiger partial charge in [-0.15, -0.1) is 32.9 Å². The molecule has 0 radical (unpaired) electrons. The van der Waals surface area contributed by atoms with Gasteiger partial charge in [-0.2, -0.15) is 0 Å². The standard InChI is InChI=1S/C48H50N8O5S2/c1-26(2)43(48(60)56-24-34(57)20-40(56)46(59)51-28(4)30-10-12-31(13-11-30)45-29(5)50-25-62-45)42-22-39(54-61-42)37-15-14-33(23-49-37)55-18-16-32(17-19-55)44-27(3)36-21-38(52-53-47(36)63-44)35-8-6-7-9-41(35)58/h6-15,21-23,25-26,28,32,34,40,43,57-58H,16-20,24H2,1-5H3,(H,51,59)/t28-,34+,40-,43+/m0/s1. The number of fused-ring (bicyclic) bond motifs is 1. The Labute approximate surface area is 373 Å². The lowest BCUT2D eigenvalue weighted by atomic mass is 9.91. The van der Waals surface area contributed by atoms with Crippen LogP contribution in [0, 0.1) is 19.8 Å². The van der Waals surface area contributed by atoms with Crippen LogP contribution in [0.5, 0.6) is 5.75 Å². The van der Waals surface area contributed by atoms with Gasteiger partial charge in [0.15, 0.2) is 0 Å². The number of likely N-dealkylation sites (tertiary alicyclic amines) is 1. The van der Waals surface area contributed by atoms with Crippen molar-refractivity contribution in [2.24, 2.45) is 5.92 Å². The quantitative estimate of drug-likeness (QED) is 0.113. The lowest BCUT2D eigenvalue weighted by molar-refractivity contribution is -0.141. The molecule has 0 unspecified atom stereocenters. The summed E-state index contributed by atoms with van der Waals surface area (Å²) in [7, 11) is 0. The maximum absolute atomic E-state index is 14.3. The molecule has 3 N–H and O–H groups in total. The maximum Gasteiger partial charge on any atom is 0.243 e. The molecule has 5 aromatic heterocycles. The van der Waals surface area contributed by atoms with Crippen LogP contribution in [0.1, 0.15) is 85.4 Å². The van der Waals surface area contributed by atoms with E-state index in [1.54, 1.807) is 40.9 Å². The Bertz CT molecular complexity index is 2760. The second kappa shape index (κ2) is 17.6. The van der Waals surface area contributed by atoms with Crippen LogP contribution >= 0.6 is 22.7 Å². The number of piperidine rings is 1. The smallest absolute Gasteiger partial charge is 0.243 e. The number of aryl methyl sites for hydroxylation is 2. The molecule has 63 heavy (non-hydrogen) atoms. The zero-order valence-corrected chi connectivity index (χ0v) is 37.5. The van der Waals surface area contributed by atoms with Gasteiger partial charge in [-0.3, -0.25) is 14.6 Å². The first kappa shape index (κ1) is 42.3. The largest absolute Gasteiger partial charge is 0.507 e. The van der Waals surface area contributed by atoms with Crippen molar-refractivity contribution in [3.05, 3.63) is 112 Å². The third-order valence-corrected chi connectivity index (χ3v) is 14.9. The molecule has 7 aromatic rings. The van der Waals surface area contributed by atoms with Gasteiger partial charge in [0.2, 0.25) is 11.8 Å². The summed E-state index contributed by atoms with van der Waals surface area (Å²) in [5.74, 6) is -0.507. The summed E-state index contributed by atoms with van der Waals surface area (Å²) in [4.78, 5) is 44.4. The minimum atomic E-state index is -0.829. The van der Waals surface area contributed by atoms with Crippen LogP contribution in [0.15, 0.2) is 89.0 Å². The zero-order chi connectivity index (χ0) is 43.9. The van der Waals surface area contributed by atoms with Crippen LogP contribution in [-0.4, -0.2) is 84.0 Å². The van der Waals surface area contributed by atoms with Crippen LogP contribution in [0.4, 0.5) is 5.69 Å². The van der Waals surface area contributed by atoms with Gasteiger partial charge in [0, 0.05) is 47.9 Å². The minimum Gasteiger partial charge on any atom is -0.507 e. The number of thiophene rings is 1. The Morgan fingerprint density at radius 1 is 0.921 bits per heavy atom. The van der Waals surface area contributed by atoms with Gasteiger partial charge in [-0.25, -0.2) is 4.98 Å². The van der Waals surface area contributed by atoms with E-state index < -0.39 is 18.1 Å². The van der Waals surface area contributed by atoms with E-state index >= 15 is 0 Å². The molecule has 0 bridgehead atoms. The molecular weight excluding hydrogens is 833 g/mol. The van der Waals surface area contributed by atoms with Crippen LogP contribution < -0.4 is 10.2 Å². The van der Waals surface area contributed by atoms with E-state index in [0.717, 1.165) is 63.5 Å². The number of benzene rings is 2. The van der Waals surface area contributed by atoms with Gasteiger partial charge in [-0.05, 0) is 92.5 Å². The van der Waals surface area contributed by atoms with E-state index in [1.165, 1.54) is 15.3 Å². The average molecular weight is 883 g/mol. The lowest BCUT2D eigenvalue weighted by Gasteiger charge is -2.33. The van der Waals surface area contributed by atoms with E-state index in [4.69, 9.17) is 9.51 Å². The van der Waals surface area contributed by atoms with Gasteiger partial charge in [0.25, 0.3) is 0 Å². The van der Waals surface area contributed by atoms with Crippen molar-refractivity contribution in [1.29, 1.82) is 0 Å². The van der Waals surface area contributed by atoms with E-state index in [0.29, 0.717) is 34.3 Å². The Balaban J connectivity index is 0.832. The van der Waals surface area contributed by atoms with Gasteiger partial charge in [0.05, 0.1) is 51.5 Å². The topological polar surface area (TPSA) is 171 Å². The lowest BCUT2D eigenvalue weighted by Crippen LogP contribution is -2.48. The summed E-state index contributed by atoms with van der Waals surface area (Å²) in [6, 6.07) is 21.9. The van der Waals surface area contributed by atoms with Crippen LogP contribution in [-0.2, 0) is 9.59 Å². The van der Waals surface area contributed by atoms with Crippen molar-refractivity contribution in [2.45, 2.75) is 83.9 Å². The van der Waals surface area contributed by atoms with Crippen molar-refractivity contribution in [2.75, 3.05) is 24.5 Å².